The highest BCUT2D eigenvalue weighted by molar-refractivity contribution is 4.93. The van der Waals surface area contributed by atoms with E-state index in [9.17, 15) is 0 Å². The molecular formula is C10H20N2. The summed E-state index contributed by atoms with van der Waals surface area (Å²) < 4.78 is 0. The maximum atomic E-state index is 5.57. The molecule has 0 aromatic carbocycles. The fourth-order valence-electron chi connectivity index (χ4n) is 2.53. The van der Waals surface area contributed by atoms with E-state index in [1.165, 1.54) is 32.2 Å². The SMILES string of the molecule is CC1CC(CCN)CN1C1CC1. The van der Waals surface area contributed by atoms with Crippen LogP contribution in [-0.2, 0) is 0 Å². The van der Waals surface area contributed by atoms with Crippen LogP contribution in [0.1, 0.15) is 32.6 Å². The summed E-state index contributed by atoms with van der Waals surface area (Å²) in [6, 6.07) is 1.77. The third-order valence-corrected chi connectivity index (χ3v) is 3.30. The Balaban J connectivity index is 1.84. The predicted octanol–water partition coefficient (Wildman–Crippen LogP) is 1.21. The molecule has 2 N–H and O–H groups in total. The Morgan fingerprint density at radius 3 is 2.75 bits per heavy atom. The van der Waals surface area contributed by atoms with Gasteiger partial charge in [0, 0.05) is 18.6 Å². The maximum absolute atomic E-state index is 5.57. The summed E-state index contributed by atoms with van der Waals surface area (Å²) in [7, 11) is 0. The van der Waals surface area contributed by atoms with Gasteiger partial charge in [0.05, 0.1) is 0 Å². The lowest BCUT2D eigenvalue weighted by molar-refractivity contribution is 0.253. The molecule has 70 valence electrons. The molecule has 1 saturated heterocycles. The Morgan fingerprint density at radius 1 is 1.42 bits per heavy atom. The van der Waals surface area contributed by atoms with Crippen LogP contribution in [0.3, 0.4) is 0 Å². The molecule has 1 aliphatic heterocycles. The summed E-state index contributed by atoms with van der Waals surface area (Å²) in [5, 5.41) is 0. The van der Waals surface area contributed by atoms with Crippen molar-refractivity contribution >= 4 is 0 Å². The highest BCUT2D eigenvalue weighted by Crippen LogP contribution is 2.36. The van der Waals surface area contributed by atoms with E-state index in [2.05, 4.69) is 11.8 Å². The first-order valence-electron chi connectivity index (χ1n) is 5.27. The Labute approximate surface area is 75.1 Å². The zero-order chi connectivity index (χ0) is 8.55. The third kappa shape index (κ3) is 1.64. The van der Waals surface area contributed by atoms with Gasteiger partial charge in [-0.05, 0) is 45.1 Å². The Bertz CT molecular complexity index is 154. The molecule has 2 aliphatic rings. The van der Waals surface area contributed by atoms with Gasteiger partial charge in [-0.2, -0.15) is 0 Å². The van der Waals surface area contributed by atoms with Gasteiger partial charge in [0.2, 0.25) is 0 Å². The molecule has 0 spiro atoms. The quantitative estimate of drug-likeness (QED) is 0.686. The van der Waals surface area contributed by atoms with E-state index in [1.807, 2.05) is 0 Å². The molecule has 2 rings (SSSR count). The molecule has 1 saturated carbocycles. The van der Waals surface area contributed by atoms with E-state index in [4.69, 9.17) is 5.73 Å². The maximum Gasteiger partial charge on any atom is 0.00993 e. The average Bonchev–Trinajstić information content (AvgIpc) is 2.79. The summed E-state index contributed by atoms with van der Waals surface area (Å²) in [6.45, 7) is 4.56. The zero-order valence-electron chi connectivity index (χ0n) is 8.00. The van der Waals surface area contributed by atoms with Crippen LogP contribution in [-0.4, -0.2) is 30.1 Å². The van der Waals surface area contributed by atoms with Crippen LogP contribution in [0.4, 0.5) is 0 Å². The number of hydrogen-bond donors (Lipinski definition) is 1. The highest BCUT2D eigenvalue weighted by Gasteiger charge is 2.38. The average molecular weight is 168 g/mol. The molecule has 2 unspecified atom stereocenters. The normalized spacial score (nSPS) is 37.5. The lowest BCUT2D eigenvalue weighted by Crippen LogP contribution is -2.29. The molecule has 2 heteroatoms. The molecular weight excluding hydrogens is 148 g/mol. The van der Waals surface area contributed by atoms with E-state index < -0.39 is 0 Å². The van der Waals surface area contributed by atoms with Gasteiger partial charge in [0.25, 0.3) is 0 Å². The van der Waals surface area contributed by atoms with Crippen molar-refractivity contribution in [3.05, 3.63) is 0 Å². The van der Waals surface area contributed by atoms with E-state index in [0.717, 1.165) is 24.5 Å². The third-order valence-electron chi connectivity index (χ3n) is 3.30. The highest BCUT2D eigenvalue weighted by atomic mass is 15.2. The van der Waals surface area contributed by atoms with Gasteiger partial charge in [0.15, 0.2) is 0 Å². The Hall–Kier alpha value is -0.0800. The predicted molar refractivity (Wildman–Crippen MR) is 51.0 cm³/mol. The lowest BCUT2D eigenvalue weighted by atomic mass is 10.0. The molecule has 1 aliphatic carbocycles. The van der Waals surface area contributed by atoms with E-state index >= 15 is 0 Å². The molecule has 0 amide bonds. The summed E-state index contributed by atoms with van der Waals surface area (Å²) in [5.41, 5.74) is 5.57. The summed E-state index contributed by atoms with van der Waals surface area (Å²) in [6.07, 6.45) is 5.50. The van der Waals surface area contributed by atoms with Crippen molar-refractivity contribution in [3.63, 3.8) is 0 Å². The number of rotatable bonds is 3. The standard InChI is InChI=1S/C10H20N2/c1-8-6-9(4-5-11)7-12(8)10-2-3-10/h8-10H,2-7,11H2,1H3. The molecule has 2 fully saturated rings. The van der Waals surface area contributed by atoms with Gasteiger partial charge in [0.1, 0.15) is 0 Å². The minimum atomic E-state index is 0.828. The first kappa shape index (κ1) is 8.52. The minimum Gasteiger partial charge on any atom is -0.330 e. The van der Waals surface area contributed by atoms with Gasteiger partial charge in [-0.25, -0.2) is 0 Å². The minimum absolute atomic E-state index is 0.828. The first-order valence-corrected chi connectivity index (χ1v) is 5.27. The molecule has 0 radical (unpaired) electrons. The summed E-state index contributed by atoms with van der Waals surface area (Å²) >= 11 is 0. The molecule has 0 bridgehead atoms. The van der Waals surface area contributed by atoms with Crippen LogP contribution in [0.15, 0.2) is 0 Å². The van der Waals surface area contributed by atoms with Crippen molar-refractivity contribution < 1.29 is 0 Å². The second-order valence-electron chi connectivity index (χ2n) is 4.46. The van der Waals surface area contributed by atoms with Gasteiger partial charge in [-0.1, -0.05) is 0 Å². The molecule has 12 heavy (non-hydrogen) atoms. The van der Waals surface area contributed by atoms with Crippen molar-refractivity contribution in [1.29, 1.82) is 0 Å². The van der Waals surface area contributed by atoms with E-state index in [-0.39, 0.29) is 0 Å². The lowest BCUT2D eigenvalue weighted by Gasteiger charge is -2.19. The monoisotopic (exact) mass is 168 g/mol. The van der Waals surface area contributed by atoms with Crippen LogP contribution in [0.25, 0.3) is 0 Å². The van der Waals surface area contributed by atoms with Crippen LogP contribution in [0, 0.1) is 5.92 Å². The fraction of sp³-hybridized carbons (Fsp3) is 1.00. The van der Waals surface area contributed by atoms with Crippen LogP contribution in [0.5, 0.6) is 0 Å². The van der Waals surface area contributed by atoms with Gasteiger partial charge < -0.3 is 5.73 Å². The first-order chi connectivity index (χ1) is 5.81. The molecule has 2 atom stereocenters. The Kier molecular flexibility index (Phi) is 2.37. The van der Waals surface area contributed by atoms with Crippen LogP contribution in [0.2, 0.25) is 0 Å². The topological polar surface area (TPSA) is 29.3 Å². The zero-order valence-corrected chi connectivity index (χ0v) is 8.00. The number of hydrogen-bond acceptors (Lipinski definition) is 2. The number of nitrogens with zero attached hydrogens (tertiary/aromatic N) is 1. The van der Waals surface area contributed by atoms with Crippen LogP contribution >= 0.6 is 0 Å². The Morgan fingerprint density at radius 2 is 2.17 bits per heavy atom. The van der Waals surface area contributed by atoms with Crippen LogP contribution < -0.4 is 5.73 Å². The van der Waals surface area contributed by atoms with Gasteiger partial charge >= 0.3 is 0 Å². The number of nitrogens with two attached hydrogens (primary N) is 1. The fourth-order valence-corrected chi connectivity index (χ4v) is 2.53. The van der Waals surface area contributed by atoms with Crippen molar-refractivity contribution in [1.82, 2.24) is 4.90 Å². The van der Waals surface area contributed by atoms with E-state index in [0.29, 0.717) is 0 Å². The molecule has 2 nitrogen and oxygen atoms in total. The number of likely N-dealkylation sites (tertiary alicyclic amines) is 1. The van der Waals surface area contributed by atoms with Gasteiger partial charge in [-0.15, -0.1) is 0 Å². The second kappa shape index (κ2) is 3.35. The molecule has 1 heterocycles. The molecule has 0 aromatic rings. The van der Waals surface area contributed by atoms with Crippen molar-refractivity contribution in [3.8, 4) is 0 Å². The molecule has 0 aromatic heterocycles. The van der Waals surface area contributed by atoms with Crippen molar-refractivity contribution in [2.45, 2.75) is 44.7 Å². The van der Waals surface area contributed by atoms with Crippen molar-refractivity contribution in [2.75, 3.05) is 13.1 Å². The van der Waals surface area contributed by atoms with Crippen molar-refractivity contribution in [2.24, 2.45) is 11.7 Å². The smallest absolute Gasteiger partial charge is 0.00993 e. The summed E-state index contributed by atoms with van der Waals surface area (Å²) in [4.78, 5) is 2.69. The second-order valence-corrected chi connectivity index (χ2v) is 4.46. The largest absolute Gasteiger partial charge is 0.330 e. The van der Waals surface area contributed by atoms with E-state index in [1.54, 1.807) is 0 Å². The van der Waals surface area contributed by atoms with Gasteiger partial charge in [-0.3, -0.25) is 4.90 Å². The summed E-state index contributed by atoms with van der Waals surface area (Å²) in [5.74, 6) is 0.894.